The highest BCUT2D eigenvalue weighted by atomic mass is 32.2. The number of methoxy groups -OCH3 is 1. The third-order valence-electron chi connectivity index (χ3n) is 2.91. The first-order chi connectivity index (χ1) is 10.2. The Hall–Kier alpha value is -2.54. The molecule has 7 heteroatoms. The number of pyridine rings is 1. The number of H-pyrrole nitrogens is 1. The highest BCUT2D eigenvalue weighted by Crippen LogP contribution is 2.27. The van der Waals surface area contributed by atoms with E-state index in [1.165, 1.54) is 11.8 Å². The molecule has 0 aliphatic rings. The minimum absolute atomic E-state index is 0.0218. The van der Waals surface area contributed by atoms with E-state index in [4.69, 9.17) is 15.9 Å². The van der Waals surface area contributed by atoms with Crippen LogP contribution in [0.3, 0.4) is 0 Å². The van der Waals surface area contributed by atoms with Crippen molar-refractivity contribution in [3.05, 3.63) is 42.1 Å². The zero-order chi connectivity index (χ0) is 14.8. The molecule has 0 bridgehead atoms. The van der Waals surface area contributed by atoms with Crippen molar-refractivity contribution in [3.8, 4) is 5.75 Å². The Kier molecular flexibility index (Phi) is 3.49. The van der Waals surface area contributed by atoms with Crippen molar-refractivity contribution in [2.24, 2.45) is 5.73 Å². The van der Waals surface area contributed by atoms with E-state index >= 15 is 0 Å². The van der Waals surface area contributed by atoms with Crippen molar-refractivity contribution in [3.63, 3.8) is 0 Å². The van der Waals surface area contributed by atoms with Crippen LogP contribution in [-0.4, -0.2) is 27.9 Å². The summed E-state index contributed by atoms with van der Waals surface area (Å²) in [5.41, 5.74) is 7.89. The molecule has 3 rings (SSSR count). The van der Waals surface area contributed by atoms with Gasteiger partial charge in [-0.2, -0.15) is 0 Å². The molecule has 1 aromatic carbocycles. The summed E-state index contributed by atoms with van der Waals surface area (Å²) >= 11 is 1.39. The number of aromatic nitrogens is 3. The topological polar surface area (TPSA) is 101 Å². The maximum Gasteiger partial charge on any atom is 0.172 e. The molecule has 0 fully saturated rings. The van der Waals surface area contributed by atoms with Crippen LogP contribution in [0.2, 0.25) is 0 Å². The van der Waals surface area contributed by atoms with Crippen LogP contribution in [0.15, 0.2) is 46.7 Å². The molecule has 0 aliphatic heterocycles. The minimum Gasteiger partial charge on any atom is -0.497 e. The van der Waals surface area contributed by atoms with E-state index in [2.05, 4.69) is 15.0 Å². The van der Waals surface area contributed by atoms with Crippen LogP contribution in [-0.2, 0) is 0 Å². The van der Waals surface area contributed by atoms with Crippen molar-refractivity contribution in [2.75, 3.05) is 7.11 Å². The third kappa shape index (κ3) is 2.82. The van der Waals surface area contributed by atoms with Gasteiger partial charge in [0.1, 0.15) is 16.6 Å². The van der Waals surface area contributed by atoms with Gasteiger partial charge in [-0.25, -0.2) is 9.97 Å². The van der Waals surface area contributed by atoms with Crippen LogP contribution in [0.25, 0.3) is 11.0 Å². The Morgan fingerprint density at radius 3 is 2.95 bits per heavy atom. The predicted octanol–water partition coefficient (Wildman–Crippen LogP) is 2.40. The van der Waals surface area contributed by atoms with Gasteiger partial charge in [0.25, 0.3) is 0 Å². The summed E-state index contributed by atoms with van der Waals surface area (Å²) in [5.74, 6) is 0.799. The van der Waals surface area contributed by atoms with E-state index in [0.29, 0.717) is 5.56 Å². The summed E-state index contributed by atoms with van der Waals surface area (Å²) in [6.07, 6.45) is 1.63. The number of benzene rings is 1. The monoisotopic (exact) mass is 299 g/mol. The normalized spacial score (nSPS) is 10.7. The van der Waals surface area contributed by atoms with Crippen molar-refractivity contribution < 1.29 is 4.74 Å². The van der Waals surface area contributed by atoms with Gasteiger partial charge in [0, 0.05) is 17.8 Å². The first-order valence-electron chi connectivity index (χ1n) is 6.18. The number of fused-ring (bicyclic) bond motifs is 1. The molecule has 0 radical (unpaired) electrons. The molecule has 0 unspecified atom stereocenters. The van der Waals surface area contributed by atoms with Crippen molar-refractivity contribution in [1.82, 2.24) is 15.0 Å². The Morgan fingerprint density at radius 1 is 1.33 bits per heavy atom. The molecular weight excluding hydrogens is 286 g/mol. The lowest BCUT2D eigenvalue weighted by Gasteiger charge is -2.00. The first-order valence-corrected chi connectivity index (χ1v) is 6.99. The highest BCUT2D eigenvalue weighted by Gasteiger charge is 2.07. The van der Waals surface area contributed by atoms with E-state index in [1.54, 1.807) is 25.4 Å². The van der Waals surface area contributed by atoms with E-state index in [9.17, 15) is 0 Å². The Morgan fingerprint density at radius 2 is 2.19 bits per heavy atom. The first kappa shape index (κ1) is 13.4. The molecule has 0 saturated carbocycles. The fraction of sp³-hybridized carbons (Fsp3) is 0.0714. The van der Waals surface area contributed by atoms with Gasteiger partial charge in [0.05, 0.1) is 18.1 Å². The quantitative estimate of drug-likeness (QED) is 0.507. The summed E-state index contributed by atoms with van der Waals surface area (Å²) in [7, 11) is 1.63. The number of nitrogens with zero attached hydrogens (tertiary/aromatic N) is 2. The number of hydrogen-bond donors (Lipinski definition) is 3. The molecule has 6 nitrogen and oxygen atoms in total. The fourth-order valence-electron chi connectivity index (χ4n) is 1.87. The number of nitrogens with one attached hydrogen (secondary N) is 2. The molecule has 0 amide bonds. The molecule has 2 heterocycles. The number of nitrogen functional groups attached to an aromatic ring is 1. The third-order valence-corrected chi connectivity index (χ3v) is 3.73. The summed E-state index contributed by atoms with van der Waals surface area (Å²) in [5, 5.41) is 8.91. The van der Waals surface area contributed by atoms with Gasteiger partial charge in [-0.05, 0) is 36.0 Å². The Balaban J connectivity index is 1.91. The largest absolute Gasteiger partial charge is 0.497 e. The second kappa shape index (κ2) is 5.45. The van der Waals surface area contributed by atoms with Crippen LogP contribution in [0.4, 0.5) is 0 Å². The second-order valence-corrected chi connectivity index (χ2v) is 5.33. The average Bonchev–Trinajstić information content (AvgIpc) is 2.88. The van der Waals surface area contributed by atoms with Crippen molar-refractivity contribution in [2.45, 2.75) is 10.2 Å². The fourth-order valence-corrected chi connectivity index (χ4v) is 2.67. The van der Waals surface area contributed by atoms with E-state index in [0.717, 1.165) is 27.0 Å². The SMILES string of the molecule is COc1ccc2nc(Sc3cc(C(=N)N)ccn3)[nH]c2c1. The lowest BCUT2D eigenvalue weighted by molar-refractivity contribution is 0.415. The number of amidine groups is 1. The van der Waals surface area contributed by atoms with E-state index in [1.807, 2.05) is 18.2 Å². The van der Waals surface area contributed by atoms with Crippen LogP contribution in [0, 0.1) is 5.41 Å². The molecule has 0 atom stereocenters. The zero-order valence-electron chi connectivity index (χ0n) is 11.3. The van der Waals surface area contributed by atoms with Crippen LogP contribution in [0.5, 0.6) is 5.75 Å². The van der Waals surface area contributed by atoms with E-state index < -0.39 is 0 Å². The van der Waals surface area contributed by atoms with Gasteiger partial charge in [0.2, 0.25) is 0 Å². The van der Waals surface area contributed by atoms with Crippen LogP contribution in [0.1, 0.15) is 5.56 Å². The van der Waals surface area contributed by atoms with Crippen LogP contribution >= 0.6 is 11.8 Å². The number of hydrogen-bond acceptors (Lipinski definition) is 5. The van der Waals surface area contributed by atoms with E-state index in [-0.39, 0.29) is 5.84 Å². The summed E-state index contributed by atoms with van der Waals surface area (Å²) < 4.78 is 5.19. The zero-order valence-corrected chi connectivity index (χ0v) is 12.1. The van der Waals surface area contributed by atoms with Gasteiger partial charge in [0.15, 0.2) is 5.16 Å². The lowest BCUT2D eigenvalue weighted by atomic mass is 10.2. The molecule has 0 aliphatic carbocycles. The average molecular weight is 299 g/mol. The highest BCUT2D eigenvalue weighted by molar-refractivity contribution is 7.99. The predicted molar refractivity (Wildman–Crippen MR) is 82.0 cm³/mol. The molecule has 0 saturated heterocycles. The van der Waals surface area contributed by atoms with Gasteiger partial charge in [-0.3, -0.25) is 5.41 Å². The molecular formula is C14H13N5OS. The molecule has 0 spiro atoms. The molecule has 21 heavy (non-hydrogen) atoms. The Labute approximate surface area is 125 Å². The summed E-state index contributed by atoms with van der Waals surface area (Å²) in [6.45, 7) is 0. The number of imidazole rings is 1. The van der Waals surface area contributed by atoms with Crippen molar-refractivity contribution >= 4 is 28.6 Å². The Bertz CT molecular complexity index is 814. The number of ether oxygens (including phenoxy) is 1. The number of rotatable bonds is 4. The molecule has 2 aromatic heterocycles. The summed E-state index contributed by atoms with van der Waals surface area (Å²) in [4.78, 5) is 11.9. The van der Waals surface area contributed by atoms with Crippen molar-refractivity contribution in [1.29, 1.82) is 5.41 Å². The van der Waals surface area contributed by atoms with Gasteiger partial charge >= 0.3 is 0 Å². The van der Waals surface area contributed by atoms with Gasteiger partial charge < -0.3 is 15.5 Å². The maximum atomic E-state index is 7.45. The van der Waals surface area contributed by atoms with Crippen LogP contribution < -0.4 is 10.5 Å². The van der Waals surface area contributed by atoms with Gasteiger partial charge in [-0.15, -0.1) is 0 Å². The molecule has 3 aromatic rings. The van der Waals surface area contributed by atoms with Gasteiger partial charge in [-0.1, -0.05) is 0 Å². The lowest BCUT2D eigenvalue weighted by Crippen LogP contribution is -2.10. The standard InChI is InChI=1S/C14H13N5OS/c1-20-9-2-3-10-11(7-9)19-14(18-10)21-12-6-8(13(15)16)4-5-17-12/h2-7H,1H3,(H3,15,16)(H,18,19). The molecule has 4 N–H and O–H groups in total. The number of nitrogens with two attached hydrogens (primary N) is 1. The molecule has 106 valence electrons. The maximum absolute atomic E-state index is 7.45. The summed E-state index contributed by atoms with van der Waals surface area (Å²) in [6, 6.07) is 9.13. The number of aromatic amines is 1. The minimum atomic E-state index is 0.0218. The second-order valence-electron chi connectivity index (χ2n) is 4.32. The smallest absolute Gasteiger partial charge is 0.172 e.